The first-order valence-electron chi connectivity index (χ1n) is 5.33. The molecule has 0 spiro atoms. The van der Waals surface area contributed by atoms with Crippen molar-refractivity contribution in [3.05, 3.63) is 35.9 Å². The van der Waals surface area contributed by atoms with Gasteiger partial charge in [0.05, 0.1) is 6.10 Å². The van der Waals surface area contributed by atoms with Gasteiger partial charge in [-0.05, 0) is 25.3 Å². The molecular formula is C12H20N2O. The van der Waals surface area contributed by atoms with Gasteiger partial charge in [0.1, 0.15) is 0 Å². The summed E-state index contributed by atoms with van der Waals surface area (Å²) >= 11 is 0. The normalized spacial score (nSPS) is 17.1. The van der Waals surface area contributed by atoms with Crippen LogP contribution in [0, 0.1) is 0 Å². The molecule has 0 aliphatic rings. The van der Waals surface area contributed by atoms with Crippen LogP contribution in [0.2, 0.25) is 0 Å². The molecule has 15 heavy (non-hydrogen) atoms. The van der Waals surface area contributed by atoms with Gasteiger partial charge in [0.25, 0.3) is 0 Å². The third-order valence-electron chi connectivity index (χ3n) is 2.38. The molecule has 1 aromatic rings. The van der Waals surface area contributed by atoms with Crippen molar-refractivity contribution in [2.24, 2.45) is 11.5 Å². The minimum absolute atomic E-state index is 0.0415. The summed E-state index contributed by atoms with van der Waals surface area (Å²) in [6.45, 7) is 1.93. The zero-order valence-electron chi connectivity index (χ0n) is 9.13. The molecule has 0 aliphatic carbocycles. The molecule has 0 saturated heterocycles. The van der Waals surface area contributed by atoms with E-state index in [-0.39, 0.29) is 12.1 Å². The second-order valence-electron chi connectivity index (χ2n) is 4.14. The van der Waals surface area contributed by atoms with Crippen molar-refractivity contribution in [3.63, 3.8) is 0 Å². The Kier molecular flexibility index (Phi) is 4.75. The number of benzene rings is 1. The molecule has 0 saturated carbocycles. The predicted molar refractivity (Wildman–Crippen MR) is 62.3 cm³/mol. The first-order valence-corrected chi connectivity index (χ1v) is 5.33. The molecule has 0 aliphatic heterocycles. The fraction of sp³-hybridized carbons (Fsp3) is 0.500. The zero-order chi connectivity index (χ0) is 11.3. The van der Waals surface area contributed by atoms with Gasteiger partial charge < -0.3 is 16.6 Å². The van der Waals surface area contributed by atoms with Crippen molar-refractivity contribution in [3.8, 4) is 0 Å². The highest BCUT2D eigenvalue weighted by molar-refractivity contribution is 5.17. The second-order valence-corrected chi connectivity index (χ2v) is 4.14. The van der Waals surface area contributed by atoms with E-state index in [4.69, 9.17) is 11.5 Å². The van der Waals surface area contributed by atoms with E-state index in [1.165, 1.54) is 0 Å². The summed E-state index contributed by atoms with van der Waals surface area (Å²) in [5.74, 6) is 0. The summed E-state index contributed by atoms with van der Waals surface area (Å²) < 4.78 is 0. The van der Waals surface area contributed by atoms with Crippen LogP contribution >= 0.6 is 0 Å². The molecule has 84 valence electrons. The lowest BCUT2D eigenvalue weighted by Gasteiger charge is -2.18. The highest BCUT2D eigenvalue weighted by Crippen LogP contribution is 2.18. The summed E-state index contributed by atoms with van der Waals surface area (Å²) in [6, 6.07) is 9.61. The molecule has 0 heterocycles. The van der Waals surface area contributed by atoms with E-state index >= 15 is 0 Å². The summed E-state index contributed by atoms with van der Waals surface area (Å²) in [4.78, 5) is 0. The Morgan fingerprint density at radius 2 is 1.73 bits per heavy atom. The molecule has 3 nitrogen and oxygen atoms in total. The monoisotopic (exact) mass is 208 g/mol. The number of hydrogen-bond donors (Lipinski definition) is 3. The van der Waals surface area contributed by atoms with Crippen LogP contribution in [0.25, 0.3) is 0 Å². The van der Waals surface area contributed by atoms with Crippen molar-refractivity contribution in [1.82, 2.24) is 0 Å². The summed E-state index contributed by atoms with van der Waals surface area (Å²) in [5.41, 5.74) is 12.4. The molecule has 1 rings (SSSR count). The molecule has 1 aromatic carbocycles. The third-order valence-corrected chi connectivity index (χ3v) is 2.38. The molecule has 3 heteroatoms. The lowest BCUT2D eigenvalue weighted by atomic mass is 9.99. The van der Waals surface area contributed by atoms with Gasteiger partial charge in [0.15, 0.2) is 0 Å². The van der Waals surface area contributed by atoms with Crippen molar-refractivity contribution in [2.75, 3.05) is 0 Å². The Bertz CT molecular complexity index is 274. The van der Waals surface area contributed by atoms with E-state index in [0.717, 1.165) is 12.0 Å². The summed E-state index contributed by atoms with van der Waals surface area (Å²) in [7, 11) is 0. The van der Waals surface area contributed by atoms with E-state index in [9.17, 15) is 5.11 Å². The first-order chi connectivity index (χ1) is 7.09. The highest BCUT2D eigenvalue weighted by Gasteiger charge is 2.13. The van der Waals surface area contributed by atoms with Gasteiger partial charge in [-0.25, -0.2) is 0 Å². The maximum Gasteiger partial charge on any atom is 0.0804 e. The first kappa shape index (κ1) is 12.2. The molecule has 0 bridgehead atoms. The Balaban J connectivity index is 2.45. The largest absolute Gasteiger partial charge is 0.388 e. The van der Waals surface area contributed by atoms with E-state index in [0.29, 0.717) is 6.42 Å². The fourth-order valence-electron chi connectivity index (χ4n) is 1.67. The number of aliphatic hydroxyl groups is 1. The smallest absolute Gasteiger partial charge is 0.0804 e. The number of hydrogen-bond acceptors (Lipinski definition) is 3. The predicted octanol–water partition coefficient (Wildman–Crippen LogP) is 1.17. The topological polar surface area (TPSA) is 72.3 Å². The van der Waals surface area contributed by atoms with Crippen molar-refractivity contribution < 1.29 is 5.11 Å². The van der Waals surface area contributed by atoms with E-state index in [2.05, 4.69) is 0 Å². The molecule has 3 atom stereocenters. The lowest BCUT2D eigenvalue weighted by molar-refractivity contribution is 0.155. The van der Waals surface area contributed by atoms with Crippen molar-refractivity contribution in [1.29, 1.82) is 0 Å². The van der Waals surface area contributed by atoms with Gasteiger partial charge in [-0.1, -0.05) is 30.3 Å². The van der Waals surface area contributed by atoms with Gasteiger partial charge in [0.2, 0.25) is 0 Å². The Labute approximate surface area is 91.1 Å². The minimum atomic E-state index is -0.486. The van der Waals surface area contributed by atoms with Crippen LogP contribution in [-0.4, -0.2) is 17.2 Å². The van der Waals surface area contributed by atoms with Gasteiger partial charge >= 0.3 is 0 Å². The fourth-order valence-corrected chi connectivity index (χ4v) is 1.67. The Hall–Kier alpha value is -0.900. The van der Waals surface area contributed by atoms with Crippen LogP contribution in [0.5, 0.6) is 0 Å². The highest BCUT2D eigenvalue weighted by atomic mass is 16.3. The lowest BCUT2D eigenvalue weighted by Crippen LogP contribution is -2.30. The van der Waals surface area contributed by atoms with Gasteiger partial charge in [-0.15, -0.1) is 0 Å². The minimum Gasteiger partial charge on any atom is -0.388 e. The number of rotatable bonds is 5. The average Bonchev–Trinajstić information content (AvgIpc) is 2.17. The summed E-state index contributed by atoms with van der Waals surface area (Å²) in [6.07, 6.45) is 0.815. The zero-order valence-corrected chi connectivity index (χ0v) is 9.13. The Morgan fingerprint density at radius 3 is 2.27 bits per heavy atom. The SMILES string of the molecule is C[C@@H](N)CC(N)CC(O)c1ccccc1. The Morgan fingerprint density at radius 1 is 1.13 bits per heavy atom. The van der Waals surface area contributed by atoms with Crippen LogP contribution in [-0.2, 0) is 0 Å². The molecular weight excluding hydrogens is 188 g/mol. The molecule has 5 N–H and O–H groups in total. The molecule has 0 radical (unpaired) electrons. The van der Waals surface area contributed by atoms with Gasteiger partial charge in [-0.2, -0.15) is 0 Å². The molecule has 0 aromatic heterocycles. The summed E-state index contributed by atoms with van der Waals surface area (Å²) in [5, 5.41) is 9.88. The third kappa shape index (κ3) is 4.42. The second kappa shape index (κ2) is 5.85. The molecule has 0 amide bonds. The van der Waals surface area contributed by atoms with Gasteiger partial charge in [0, 0.05) is 12.1 Å². The van der Waals surface area contributed by atoms with Crippen LogP contribution in [0.3, 0.4) is 0 Å². The number of aliphatic hydroxyl groups excluding tert-OH is 1. The number of nitrogens with two attached hydrogens (primary N) is 2. The van der Waals surface area contributed by atoms with Crippen molar-refractivity contribution >= 4 is 0 Å². The van der Waals surface area contributed by atoms with Crippen LogP contribution in [0.1, 0.15) is 31.4 Å². The average molecular weight is 208 g/mol. The molecule has 0 fully saturated rings. The van der Waals surface area contributed by atoms with E-state index < -0.39 is 6.10 Å². The van der Waals surface area contributed by atoms with Gasteiger partial charge in [-0.3, -0.25) is 0 Å². The van der Waals surface area contributed by atoms with Crippen molar-refractivity contribution in [2.45, 2.75) is 38.0 Å². The maximum absolute atomic E-state index is 9.88. The van der Waals surface area contributed by atoms with Crippen LogP contribution in [0.4, 0.5) is 0 Å². The van der Waals surface area contributed by atoms with E-state index in [1.807, 2.05) is 37.3 Å². The van der Waals surface area contributed by atoms with E-state index in [1.54, 1.807) is 0 Å². The standard InChI is InChI=1S/C12H20N2O/c1-9(13)7-11(14)8-12(15)10-5-3-2-4-6-10/h2-6,9,11-12,15H,7-8,13-14H2,1H3/t9-,11?,12?/m1/s1. The molecule has 2 unspecified atom stereocenters. The maximum atomic E-state index is 9.88. The van der Waals surface area contributed by atoms with Crippen LogP contribution < -0.4 is 11.5 Å². The quantitative estimate of drug-likeness (QED) is 0.680. The van der Waals surface area contributed by atoms with Crippen LogP contribution in [0.15, 0.2) is 30.3 Å².